The normalized spacial score (nSPS) is 12.0. The molecule has 0 heterocycles. The predicted octanol–water partition coefficient (Wildman–Crippen LogP) is 2.61. The molecule has 2 nitrogen and oxygen atoms in total. The van der Waals surface area contributed by atoms with Crippen LogP contribution in [0.3, 0.4) is 0 Å². The first-order valence-corrected chi connectivity index (χ1v) is 5.75. The summed E-state index contributed by atoms with van der Waals surface area (Å²) in [4.78, 5) is 2.02. The van der Waals surface area contributed by atoms with E-state index in [1.807, 2.05) is 24.8 Å². The number of rotatable bonds is 4. The zero-order valence-corrected chi connectivity index (χ0v) is 10.6. The molecule has 0 spiro atoms. The minimum Gasteiger partial charge on any atom is -0.360 e. The fraction of sp³-hybridized carbons (Fsp3) is 0.429. The Kier molecular flexibility index (Phi) is 4.53. The molecule has 0 aliphatic rings. The van der Waals surface area contributed by atoms with E-state index in [0.717, 1.165) is 17.8 Å². The molecule has 92 valence electrons. The van der Waals surface area contributed by atoms with Gasteiger partial charge in [0.2, 0.25) is 0 Å². The minimum atomic E-state index is -0.224. The van der Waals surface area contributed by atoms with Gasteiger partial charge in [0.15, 0.2) is 0 Å². The minimum absolute atomic E-state index is 0.216. The molecule has 0 aromatic heterocycles. The van der Waals surface area contributed by atoms with Crippen molar-refractivity contribution in [1.82, 2.24) is 0 Å². The van der Waals surface area contributed by atoms with Crippen LogP contribution in [0.1, 0.15) is 31.0 Å². The van der Waals surface area contributed by atoms with Crippen LogP contribution in [-0.4, -0.2) is 13.1 Å². The lowest BCUT2D eigenvalue weighted by Gasteiger charge is -2.25. The number of anilines is 1. The highest BCUT2D eigenvalue weighted by Gasteiger charge is 2.14. The fourth-order valence-electron chi connectivity index (χ4n) is 1.80. The first-order chi connectivity index (χ1) is 8.01. The molecule has 1 rings (SSSR count). The van der Waals surface area contributed by atoms with Crippen LogP contribution in [0.4, 0.5) is 10.1 Å². The lowest BCUT2D eigenvalue weighted by atomic mass is 10.0. The monoisotopic (exact) mass is 234 g/mol. The summed E-state index contributed by atoms with van der Waals surface area (Å²) in [6.07, 6.45) is 5.34. The van der Waals surface area contributed by atoms with E-state index in [-0.39, 0.29) is 11.9 Å². The predicted molar refractivity (Wildman–Crippen MR) is 70.5 cm³/mol. The summed E-state index contributed by atoms with van der Waals surface area (Å²) in [5.41, 5.74) is 8.21. The van der Waals surface area contributed by atoms with Crippen LogP contribution in [0.25, 0.3) is 0 Å². The van der Waals surface area contributed by atoms with Gasteiger partial charge in [-0.3, -0.25) is 0 Å². The van der Waals surface area contributed by atoms with Crippen molar-refractivity contribution in [1.29, 1.82) is 0 Å². The Labute approximate surface area is 103 Å². The topological polar surface area (TPSA) is 29.3 Å². The second-order valence-corrected chi connectivity index (χ2v) is 4.17. The maximum atomic E-state index is 13.6. The molecule has 0 radical (unpaired) electrons. The highest BCUT2D eigenvalue weighted by atomic mass is 19.1. The van der Waals surface area contributed by atoms with Crippen LogP contribution in [0.5, 0.6) is 0 Å². The lowest BCUT2D eigenvalue weighted by molar-refractivity contribution is 0.612. The van der Waals surface area contributed by atoms with Crippen molar-refractivity contribution in [3.05, 3.63) is 29.1 Å². The van der Waals surface area contributed by atoms with Crippen LogP contribution in [-0.2, 0) is 0 Å². The Morgan fingerprint density at radius 2 is 2.18 bits per heavy atom. The van der Waals surface area contributed by atoms with Gasteiger partial charge in [-0.25, -0.2) is 4.39 Å². The van der Waals surface area contributed by atoms with Gasteiger partial charge in [0, 0.05) is 18.3 Å². The Morgan fingerprint density at radius 1 is 1.53 bits per heavy atom. The van der Waals surface area contributed by atoms with Gasteiger partial charge in [-0.1, -0.05) is 5.92 Å². The first-order valence-electron chi connectivity index (χ1n) is 5.75. The highest BCUT2D eigenvalue weighted by molar-refractivity contribution is 5.57. The number of nitrogens with two attached hydrogens (primary N) is 1. The van der Waals surface area contributed by atoms with Gasteiger partial charge in [0.25, 0.3) is 0 Å². The summed E-state index contributed by atoms with van der Waals surface area (Å²) in [6.45, 7) is 6.88. The average Bonchev–Trinajstić information content (AvgIpc) is 2.29. The summed E-state index contributed by atoms with van der Waals surface area (Å²) < 4.78 is 13.6. The van der Waals surface area contributed by atoms with E-state index in [0.29, 0.717) is 12.1 Å². The van der Waals surface area contributed by atoms with E-state index in [9.17, 15) is 4.39 Å². The fourth-order valence-corrected chi connectivity index (χ4v) is 1.80. The zero-order chi connectivity index (χ0) is 13.0. The third-order valence-electron chi connectivity index (χ3n) is 2.80. The van der Waals surface area contributed by atoms with Crippen LogP contribution in [0.15, 0.2) is 12.1 Å². The van der Waals surface area contributed by atoms with Gasteiger partial charge >= 0.3 is 0 Å². The van der Waals surface area contributed by atoms with Gasteiger partial charge in [0.1, 0.15) is 5.82 Å². The first kappa shape index (κ1) is 13.5. The van der Waals surface area contributed by atoms with E-state index >= 15 is 0 Å². The zero-order valence-electron chi connectivity index (χ0n) is 10.6. The van der Waals surface area contributed by atoms with Crippen molar-refractivity contribution in [3.8, 4) is 12.3 Å². The van der Waals surface area contributed by atoms with E-state index in [1.54, 1.807) is 6.92 Å². The maximum Gasteiger partial charge on any atom is 0.126 e. The molecule has 0 aliphatic heterocycles. The van der Waals surface area contributed by atoms with Crippen molar-refractivity contribution in [2.45, 2.75) is 26.8 Å². The number of hydrogen-bond donors (Lipinski definition) is 1. The molecule has 1 aromatic carbocycles. The number of benzene rings is 1. The quantitative estimate of drug-likeness (QED) is 0.811. The number of aryl methyl sites for hydroxylation is 1. The van der Waals surface area contributed by atoms with Gasteiger partial charge in [-0.2, -0.15) is 0 Å². The van der Waals surface area contributed by atoms with E-state index in [4.69, 9.17) is 12.2 Å². The molecule has 0 saturated carbocycles. The number of nitrogens with zero attached hydrogens (tertiary/aromatic N) is 1. The smallest absolute Gasteiger partial charge is 0.126 e. The van der Waals surface area contributed by atoms with Gasteiger partial charge in [-0.15, -0.1) is 6.42 Å². The molecular weight excluding hydrogens is 215 g/mol. The number of terminal acetylenes is 1. The molecule has 0 bridgehead atoms. The van der Waals surface area contributed by atoms with E-state index < -0.39 is 0 Å². The van der Waals surface area contributed by atoms with Gasteiger partial charge in [-0.05, 0) is 44.0 Å². The second-order valence-electron chi connectivity index (χ2n) is 4.17. The van der Waals surface area contributed by atoms with Crippen LogP contribution in [0, 0.1) is 25.1 Å². The molecule has 1 aromatic rings. The largest absolute Gasteiger partial charge is 0.360 e. The van der Waals surface area contributed by atoms with Crippen LogP contribution >= 0.6 is 0 Å². The third kappa shape index (κ3) is 2.98. The van der Waals surface area contributed by atoms with Crippen LogP contribution < -0.4 is 10.6 Å². The number of hydrogen-bond acceptors (Lipinski definition) is 2. The SMILES string of the molecule is C#CCN(CC)c1cc(C)c(F)cc1[C@@H](C)N. The maximum absolute atomic E-state index is 13.6. The molecule has 17 heavy (non-hydrogen) atoms. The Hall–Kier alpha value is -1.53. The summed E-state index contributed by atoms with van der Waals surface area (Å²) >= 11 is 0. The average molecular weight is 234 g/mol. The summed E-state index contributed by atoms with van der Waals surface area (Å²) in [5.74, 6) is 2.38. The van der Waals surface area contributed by atoms with Crippen molar-refractivity contribution in [2.24, 2.45) is 5.73 Å². The highest BCUT2D eigenvalue weighted by Crippen LogP contribution is 2.28. The summed E-state index contributed by atoms with van der Waals surface area (Å²) in [5, 5.41) is 0. The number of halogens is 1. The van der Waals surface area contributed by atoms with Crippen molar-refractivity contribution >= 4 is 5.69 Å². The standard InChI is InChI=1S/C14H19FN2/c1-5-7-17(6-2)14-8-10(3)13(15)9-12(14)11(4)16/h1,8-9,11H,6-7,16H2,2-4H3/t11-/m1/s1. The molecule has 3 heteroatoms. The van der Waals surface area contributed by atoms with E-state index in [1.165, 1.54) is 6.07 Å². The molecule has 0 saturated heterocycles. The second kappa shape index (κ2) is 5.70. The molecule has 0 amide bonds. The molecule has 2 N–H and O–H groups in total. The molecule has 1 atom stereocenters. The van der Waals surface area contributed by atoms with Gasteiger partial charge < -0.3 is 10.6 Å². The lowest BCUT2D eigenvalue weighted by Crippen LogP contribution is -2.25. The molecule has 0 fully saturated rings. The third-order valence-corrected chi connectivity index (χ3v) is 2.80. The summed E-state index contributed by atoms with van der Waals surface area (Å²) in [6, 6.07) is 3.11. The molecule has 0 unspecified atom stereocenters. The molecule has 0 aliphatic carbocycles. The van der Waals surface area contributed by atoms with E-state index in [2.05, 4.69) is 5.92 Å². The van der Waals surface area contributed by atoms with Crippen molar-refractivity contribution in [3.63, 3.8) is 0 Å². The van der Waals surface area contributed by atoms with Crippen LogP contribution in [0.2, 0.25) is 0 Å². The Balaban J connectivity index is 3.29. The van der Waals surface area contributed by atoms with Gasteiger partial charge in [0.05, 0.1) is 6.54 Å². The Bertz CT molecular complexity index is 433. The van der Waals surface area contributed by atoms with Crippen molar-refractivity contribution < 1.29 is 4.39 Å². The van der Waals surface area contributed by atoms with Crippen molar-refractivity contribution in [2.75, 3.05) is 18.0 Å². The molecular formula is C14H19FN2. The summed E-state index contributed by atoms with van der Waals surface area (Å²) in [7, 11) is 0. The Morgan fingerprint density at radius 3 is 2.65 bits per heavy atom.